The number of hydrogen-bond donors (Lipinski definition) is 0. The van der Waals surface area contributed by atoms with Crippen molar-refractivity contribution in [1.82, 2.24) is 14.1 Å². The first kappa shape index (κ1) is 22.3. The van der Waals surface area contributed by atoms with Crippen LogP contribution in [0.15, 0.2) is 35.2 Å². The van der Waals surface area contributed by atoms with Crippen LogP contribution in [-0.2, 0) is 37.2 Å². The van der Waals surface area contributed by atoms with Crippen molar-refractivity contribution in [2.45, 2.75) is 43.4 Å². The first-order valence-electron chi connectivity index (χ1n) is 11.8. The molecule has 0 unspecified atom stereocenters. The molecule has 33 heavy (non-hydrogen) atoms. The van der Waals surface area contributed by atoms with E-state index >= 15 is 0 Å². The third kappa shape index (κ3) is 4.01. The molecule has 0 bridgehead atoms. The number of piperazine rings is 1. The zero-order chi connectivity index (χ0) is 23.2. The Balaban J connectivity index is 1.15. The molecule has 2 fully saturated rings. The number of fused-ring (bicyclic) bond motifs is 2. The van der Waals surface area contributed by atoms with Crippen molar-refractivity contribution in [3.8, 4) is 0 Å². The molecule has 2 atom stereocenters. The minimum atomic E-state index is -3.59. The molecule has 0 aromatic heterocycles. The van der Waals surface area contributed by atoms with Crippen molar-refractivity contribution in [1.29, 1.82) is 0 Å². The number of imide groups is 1. The van der Waals surface area contributed by atoms with E-state index in [0.29, 0.717) is 30.8 Å². The second-order valence-corrected chi connectivity index (χ2v) is 11.2. The van der Waals surface area contributed by atoms with Crippen LogP contribution in [0.1, 0.15) is 36.8 Å². The highest BCUT2D eigenvalue weighted by Crippen LogP contribution is 2.35. The van der Waals surface area contributed by atoms with Gasteiger partial charge in [-0.05, 0) is 55.4 Å². The summed E-state index contributed by atoms with van der Waals surface area (Å²) in [6.07, 6.45) is 8.11. The van der Waals surface area contributed by atoms with Gasteiger partial charge < -0.3 is 4.90 Å². The Hall–Kier alpha value is -2.52. The first-order valence-corrected chi connectivity index (χ1v) is 13.2. The molecule has 176 valence electrons. The summed E-state index contributed by atoms with van der Waals surface area (Å²) in [5, 5.41) is 0. The van der Waals surface area contributed by atoms with E-state index in [-0.39, 0.29) is 55.6 Å². The van der Waals surface area contributed by atoms with Gasteiger partial charge in [0, 0.05) is 39.1 Å². The molecule has 1 aromatic rings. The van der Waals surface area contributed by atoms with Crippen LogP contribution in [0.5, 0.6) is 0 Å². The maximum Gasteiger partial charge on any atom is 0.243 e. The van der Waals surface area contributed by atoms with Crippen LogP contribution in [0.2, 0.25) is 0 Å². The number of amides is 3. The second kappa shape index (κ2) is 8.68. The Bertz CT molecular complexity index is 1090. The van der Waals surface area contributed by atoms with Crippen molar-refractivity contribution in [3.63, 3.8) is 0 Å². The molecule has 9 heteroatoms. The van der Waals surface area contributed by atoms with E-state index in [1.54, 1.807) is 17.0 Å². The zero-order valence-corrected chi connectivity index (χ0v) is 19.4. The lowest BCUT2D eigenvalue weighted by Crippen LogP contribution is -2.51. The normalized spacial score (nSPS) is 25.5. The molecule has 2 aliphatic heterocycles. The average Bonchev–Trinajstić information content (AvgIpc) is 3.40. The van der Waals surface area contributed by atoms with Gasteiger partial charge in [0.15, 0.2) is 0 Å². The summed E-state index contributed by atoms with van der Waals surface area (Å²) in [6, 6.07) is 5.41. The van der Waals surface area contributed by atoms with Crippen LogP contribution in [-0.4, -0.2) is 73.0 Å². The highest BCUT2D eigenvalue weighted by atomic mass is 32.2. The lowest BCUT2D eigenvalue weighted by atomic mass is 9.85. The Morgan fingerprint density at radius 3 is 2.21 bits per heavy atom. The first-order chi connectivity index (χ1) is 15.9. The fraction of sp³-hybridized carbons (Fsp3) is 0.542. The molecule has 0 spiro atoms. The maximum absolute atomic E-state index is 13.1. The molecular formula is C24H29N3O5S. The molecule has 0 saturated carbocycles. The molecule has 0 radical (unpaired) electrons. The third-order valence-corrected chi connectivity index (χ3v) is 9.34. The van der Waals surface area contributed by atoms with Gasteiger partial charge in [-0.1, -0.05) is 18.2 Å². The van der Waals surface area contributed by atoms with Crippen molar-refractivity contribution in [3.05, 3.63) is 41.5 Å². The Morgan fingerprint density at radius 1 is 0.909 bits per heavy atom. The number of rotatable bonds is 5. The van der Waals surface area contributed by atoms with Crippen molar-refractivity contribution in [2.75, 3.05) is 32.7 Å². The minimum absolute atomic E-state index is 0.0713. The summed E-state index contributed by atoms with van der Waals surface area (Å²) in [5.74, 6) is -1.07. The van der Waals surface area contributed by atoms with E-state index in [2.05, 4.69) is 0 Å². The number of benzene rings is 1. The van der Waals surface area contributed by atoms with Gasteiger partial charge in [0.25, 0.3) is 0 Å². The number of hydrogen-bond acceptors (Lipinski definition) is 5. The molecule has 5 rings (SSSR count). The summed E-state index contributed by atoms with van der Waals surface area (Å²) in [7, 11) is -3.59. The summed E-state index contributed by atoms with van der Waals surface area (Å²) in [4.78, 5) is 41.1. The lowest BCUT2D eigenvalue weighted by Gasteiger charge is -2.34. The summed E-state index contributed by atoms with van der Waals surface area (Å²) in [6.45, 7) is 1.18. The van der Waals surface area contributed by atoms with Crippen molar-refractivity contribution < 1.29 is 22.8 Å². The van der Waals surface area contributed by atoms with Crippen LogP contribution in [0.3, 0.4) is 0 Å². The Kier molecular flexibility index (Phi) is 5.86. The summed E-state index contributed by atoms with van der Waals surface area (Å²) in [5.41, 5.74) is 2.35. The van der Waals surface area contributed by atoms with Crippen molar-refractivity contribution >= 4 is 27.7 Å². The van der Waals surface area contributed by atoms with E-state index in [4.69, 9.17) is 0 Å². The van der Waals surface area contributed by atoms with Crippen molar-refractivity contribution in [2.24, 2.45) is 11.8 Å². The van der Waals surface area contributed by atoms with Crippen LogP contribution in [0.4, 0.5) is 0 Å². The van der Waals surface area contributed by atoms with Gasteiger partial charge >= 0.3 is 0 Å². The van der Waals surface area contributed by atoms with Gasteiger partial charge in [-0.25, -0.2) is 8.42 Å². The van der Waals surface area contributed by atoms with Crippen LogP contribution >= 0.6 is 0 Å². The van der Waals surface area contributed by atoms with E-state index in [1.165, 1.54) is 14.8 Å². The Morgan fingerprint density at radius 2 is 1.55 bits per heavy atom. The molecule has 2 aliphatic carbocycles. The van der Waals surface area contributed by atoms with Crippen LogP contribution < -0.4 is 0 Å². The average molecular weight is 472 g/mol. The highest BCUT2D eigenvalue weighted by molar-refractivity contribution is 7.89. The molecular weight excluding hydrogens is 442 g/mol. The monoisotopic (exact) mass is 471 g/mol. The third-order valence-electron chi connectivity index (χ3n) is 7.45. The molecule has 1 aromatic carbocycles. The summed E-state index contributed by atoms with van der Waals surface area (Å²) >= 11 is 0. The molecule has 3 amide bonds. The van der Waals surface area contributed by atoms with E-state index in [0.717, 1.165) is 24.8 Å². The number of likely N-dealkylation sites (tertiary alicyclic amines) is 1. The van der Waals surface area contributed by atoms with Gasteiger partial charge in [-0.2, -0.15) is 4.31 Å². The van der Waals surface area contributed by atoms with Gasteiger partial charge in [-0.3, -0.25) is 19.3 Å². The number of nitrogens with zero attached hydrogens (tertiary/aromatic N) is 3. The molecule has 8 nitrogen and oxygen atoms in total. The molecule has 2 heterocycles. The van der Waals surface area contributed by atoms with E-state index < -0.39 is 10.0 Å². The smallest absolute Gasteiger partial charge is 0.243 e. The highest BCUT2D eigenvalue weighted by Gasteiger charge is 2.47. The summed E-state index contributed by atoms with van der Waals surface area (Å²) < 4.78 is 27.6. The molecule has 0 N–H and O–H groups in total. The lowest BCUT2D eigenvalue weighted by molar-refractivity contribution is -0.141. The van der Waals surface area contributed by atoms with E-state index in [1.807, 2.05) is 18.2 Å². The standard InChI is InChI=1S/C24H29N3O5S/c28-22(10-11-27-23(29)20-6-1-2-7-21(20)24(27)30)25-12-14-26(15-13-25)33(31,32)19-9-8-17-4-3-5-18(17)16-19/h1-2,8-9,16,20-21H,3-7,10-15H2/t20-,21+. The minimum Gasteiger partial charge on any atom is -0.340 e. The number of carbonyl (C=O) groups is 3. The van der Waals surface area contributed by atoms with E-state index in [9.17, 15) is 22.8 Å². The van der Waals surface area contributed by atoms with Gasteiger partial charge in [-0.15, -0.1) is 0 Å². The quantitative estimate of drug-likeness (QED) is 0.477. The molecule has 2 saturated heterocycles. The number of allylic oxidation sites excluding steroid dienone is 2. The predicted octanol–water partition coefficient (Wildman–Crippen LogP) is 1.35. The number of carbonyl (C=O) groups excluding carboxylic acids is 3. The van der Waals surface area contributed by atoms with Gasteiger partial charge in [0.1, 0.15) is 0 Å². The predicted molar refractivity (Wildman–Crippen MR) is 120 cm³/mol. The fourth-order valence-electron chi connectivity index (χ4n) is 5.49. The second-order valence-electron chi connectivity index (χ2n) is 9.30. The SMILES string of the molecule is O=C(CCN1C(=O)[C@H]2CC=CC[C@H]2C1=O)N1CCN(S(=O)(=O)c2ccc3c(c2)CCC3)CC1. The Labute approximate surface area is 194 Å². The van der Waals surface area contributed by atoms with Gasteiger partial charge in [0.2, 0.25) is 27.7 Å². The molecule has 4 aliphatic rings. The fourth-order valence-corrected chi connectivity index (χ4v) is 6.96. The maximum atomic E-state index is 13.1. The number of aryl methyl sites for hydroxylation is 2. The van der Waals surface area contributed by atoms with Crippen LogP contribution in [0, 0.1) is 11.8 Å². The van der Waals surface area contributed by atoms with Gasteiger partial charge in [0.05, 0.1) is 16.7 Å². The topological polar surface area (TPSA) is 95.1 Å². The largest absolute Gasteiger partial charge is 0.340 e. The number of sulfonamides is 1. The van der Waals surface area contributed by atoms with Crippen LogP contribution in [0.25, 0.3) is 0 Å². The zero-order valence-electron chi connectivity index (χ0n) is 18.6.